The smallest absolute Gasteiger partial charge is 0.236 e. The minimum absolute atomic E-state index is 0.254. The maximum atomic E-state index is 14.2. The molecule has 43 heavy (non-hydrogen) atoms. The third kappa shape index (κ3) is 9.03. The zero-order valence-electron chi connectivity index (χ0n) is 23.1. The number of nitrogens with zero attached hydrogens (tertiary/aromatic N) is 4. The standard InChI is InChI=1S/C25H30Cl4N8O2P2S2/c1-16(14-26)34-36-24-32-22(18-8-3-5-10-20(18)28)40(38,42-24)30-12-7-13-31-41(39)23(19-9-4-6-11-21(19)29)33-25(43-41)37-35-17(2)15-27/h3-6,8-11,22-23H,7,12-15H2,1-2H3,(H,30,38)(H,31,39)(H,32,36)(H,33,37)/b34-16-,35-17-. The lowest BCUT2D eigenvalue weighted by atomic mass is 10.2. The Balaban J connectivity index is 1.42. The zero-order chi connectivity index (χ0) is 31.0. The summed E-state index contributed by atoms with van der Waals surface area (Å²) in [7, 11) is 0. The Bertz CT molecular complexity index is 1430. The van der Waals surface area contributed by atoms with Gasteiger partial charge in [0.1, 0.15) is 0 Å². The maximum Gasteiger partial charge on any atom is 0.236 e. The number of amidine groups is 2. The number of alkyl halides is 2. The third-order valence-electron chi connectivity index (χ3n) is 6.02. The Labute approximate surface area is 279 Å². The van der Waals surface area contributed by atoms with Crippen molar-refractivity contribution in [2.24, 2.45) is 20.2 Å². The van der Waals surface area contributed by atoms with E-state index in [9.17, 15) is 9.13 Å². The van der Waals surface area contributed by atoms with Crippen molar-refractivity contribution in [3.8, 4) is 0 Å². The van der Waals surface area contributed by atoms with Crippen LogP contribution in [0.3, 0.4) is 0 Å². The quantitative estimate of drug-likeness (QED) is 0.0562. The van der Waals surface area contributed by atoms with Crippen LogP contribution in [0.4, 0.5) is 0 Å². The predicted molar refractivity (Wildman–Crippen MR) is 188 cm³/mol. The van der Waals surface area contributed by atoms with E-state index in [1.165, 1.54) is 0 Å². The Morgan fingerprint density at radius 1 is 0.767 bits per heavy atom. The van der Waals surface area contributed by atoms with Crippen molar-refractivity contribution in [1.82, 2.24) is 21.0 Å². The molecule has 0 radical (unpaired) electrons. The van der Waals surface area contributed by atoms with E-state index in [-0.39, 0.29) is 11.8 Å². The summed E-state index contributed by atoms with van der Waals surface area (Å²) < 4.78 is 28.4. The van der Waals surface area contributed by atoms with Crippen LogP contribution in [0.25, 0.3) is 0 Å². The highest BCUT2D eigenvalue weighted by atomic mass is 35.5. The molecule has 18 heteroatoms. The summed E-state index contributed by atoms with van der Waals surface area (Å²) in [6.45, 7) is -2.12. The number of aliphatic imine (C=N–C) groups is 2. The van der Waals surface area contributed by atoms with Crippen LogP contribution in [0.1, 0.15) is 43.0 Å². The summed E-state index contributed by atoms with van der Waals surface area (Å²) in [6.07, 6.45) is 0.512. The number of hydrogen-bond acceptors (Lipinski definition) is 10. The highest BCUT2D eigenvalue weighted by Gasteiger charge is 2.44. The predicted octanol–water partition coefficient (Wildman–Crippen LogP) is 8.26. The number of rotatable bonds is 12. The molecule has 0 fully saturated rings. The van der Waals surface area contributed by atoms with Crippen molar-refractivity contribution in [1.29, 1.82) is 0 Å². The molecular formula is C25H30Cl4N8O2P2S2. The van der Waals surface area contributed by atoms with E-state index in [1.807, 2.05) is 36.4 Å². The first-order valence-electron chi connectivity index (χ1n) is 13.0. The van der Waals surface area contributed by atoms with Gasteiger partial charge in [0.25, 0.3) is 0 Å². The first-order valence-corrected chi connectivity index (χ1v) is 21.2. The summed E-state index contributed by atoms with van der Waals surface area (Å²) >= 11 is 26.8. The molecule has 4 N–H and O–H groups in total. The molecule has 2 aromatic rings. The Morgan fingerprint density at radius 2 is 1.16 bits per heavy atom. The minimum Gasteiger partial charge on any atom is -0.292 e. The Kier molecular flexibility index (Phi) is 12.9. The van der Waals surface area contributed by atoms with Gasteiger partial charge < -0.3 is 0 Å². The van der Waals surface area contributed by atoms with Crippen molar-refractivity contribution >= 4 is 104 Å². The molecule has 0 spiro atoms. The van der Waals surface area contributed by atoms with Crippen LogP contribution in [0.15, 0.2) is 68.7 Å². The largest absolute Gasteiger partial charge is 0.292 e. The summed E-state index contributed by atoms with van der Waals surface area (Å²) in [6, 6.07) is 14.4. The first-order chi connectivity index (χ1) is 20.6. The average Bonchev–Trinajstić information content (AvgIpc) is 3.51. The highest BCUT2D eigenvalue weighted by molar-refractivity contribution is 8.65. The van der Waals surface area contributed by atoms with Gasteiger partial charge in [-0.25, -0.2) is 9.98 Å². The van der Waals surface area contributed by atoms with Crippen molar-refractivity contribution in [3.63, 3.8) is 0 Å². The van der Waals surface area contributed by atoms with Crippen molar-refractivity contribution in [2.45, 2.75) is 31.8 Å². The molecule has 4 rings (SSSR count). The minimum atomic E-state index is -3.20. The van der Waals surface area contributed by atoms with E-state index in [0.717, 1.165) is 22.8 Å². The molecule has 4 unspecified atom stereocenters. The number of nitrogens with one attached hydrogen (secondary N) is 4. The fourth-order valence-electron chi connectivity index (χ4n) is 3.89. The Hall–Kier alpha value is -1.04. The van der Waals surface area contributed by atoms with Gasteiger partial charge in [0.05, 0.1) is 11.8 Å². The van der Waals surface area contributed by atoms with E-state index >= 15 is 0 Å². The number of benzene rings is 2. The molecule has 10 nitrogen and oxygen atoms in total. The first kappa shape index (κ1) is 34.8. The molecule has 2 aliphatic rings. The van der Waals surface area contributed by atoms with Gasteiger partial charge >= 0.3 is 0 Å². The number of halogens is 4. The van der Waals surface area contributed by atoms with Crippen LogP contribution in [-0.2, 0) is 9.13 Å². The van der Waals surface area contributed by atoms with Gasteiger partial charge in [-0.15, -0.1) is 23.2 Å². The van der Waals surface area contributed by atoms with E-state index < -0.39 is 24.6 Å². The SMILES string of the molecule is C/C(CCl)=N/NC1=NC(c2ccccc2Cl)P(=O)(NCCCNP2(=O)SC(N/N=C(/C)CCl)=NC2c2ccccc2Cl)S1. The van der Waals surface area contributed by atoms with E-state index in [0.29, 0.717) is 62.4 Å². The van der Waals surface area contributed by atoms with Gasteiger partial charge in [0.2, 0.25) is 13.0 Å². The zero-order valence-corrected chi connectivity index (χ0v) is 29.6. The summed E-state index contributed by atoms with van der Waals surface area (Å²) in [5.41, 5.74) is 8.36. The van der Waals surface area contributed by atoms with Crippen LogP contribution in [0.5, 0.6) is 0 Å². The fourth-order valence-corrected chi connectivity index (χ4v) is 13.7. The van der Waals surface area contributed by atoms with Crippen LogP contribution in [-0.4, -0.2) is 46.6 Å². The molecule has 4 atom stereocenters. The molecule has 2 aliphatic heterocycles. The molecular weight excluding hydrogens is 712 g/mol. The molecule has 0 amide bonds. The summed E-state index contributed by atoms with van der Waals surface area (Å²) in [5.74, 6) is -0.907. The van der Waals surface area contributed by atoms with Gasteiger partial charge in [-0.1, -0.05) is 59.6 Å². The highest BCUT2D eigenvalue weighted by Crippen LogP contribution is 2.72. The Morgan fingerprint density at radius 3 is 1.53 bits per heavy atom. The fraction of sp³-hybridized carbons (Fsp3) is 0.360. The number of hydrazone groups is 2. The van der Waals surface area contributed by atoms with Crippen LogP contribution < -0.4 is 21.0 Å². The molecule has 0 saturated heterocycles. The van der Waals surface area contributed by atoms with Crippen molar-refractivity contribution in [3.05, 3.63) is 69.7 Å². The molecule has 2 heterocycles. The second kappa shape index (κ2) is 16.0. The molecule has 0 bridgehead atoms. The molecule has 0 aromatic heterocycles. The van der Waals surface area contributed by atoms with Crippen molar-refractivity contribution in [2.75, 3.05) is 24.8 Å². The van der Waals surface area contributed by atoms with Crippen LogP contribution in [0.2, 0.25) is 10.0 Å². The molecule has 2 aromatic carbocycles. The van der Waals surface area contributed by atoms with Gasteiger partial charge in [-0.3, -0.25) is 30.2 Å². The normalized spacial score (nSPS) is 25.9. The van der Waals surface area contributed by atoms with Gasteiger partial charge in [0.15, 0.2) is 21.9 Å². The van der Waals surface area contributed by atoms with E-state index in [2.05, 4.69) is 41.2 Å². The second-order valence-electron chi connectivity index (χ2n) is 9.39. The van der Waals surface area contributed by atoms with Crippen molar-refractivity contribution < 1.29 is 9.13 Å². The third-order valence-corrected chi connectivity index (χ3v) is 16.8. The summed E-state index contributed by atoms with van der Waals surface area (Å²) in [4.78, 5) is 9.28. The topological polar surface area (TPSA) is 132 Å². The lowest BCUT2D eigenvalue weighted by Crippen LogP contribution is -2.20. The average molecular weight is 742 g/mol. The van der Waals surface area contributed by atoms with E-state index in [1.54, 1.807) is 26.0 Å². The molecule has 0 saturated carbocycles. The maximum absolute atomic E-state index is 14.2. The molecule has 0 aliphatic carbocycles. The molecule has 232 valence electrons. The van der Waals surface area contributed by atoms with Crippen LogP contribution >= 0.6 is 82.2 Å². The lowest BCUT2D eigenvalue weighted by molar-refractivity contribution is 0.561. The van der Waals surface area contributed by atoms with Gasteiger partial charge in [-0.05, 0) is 55.2 Å². The van der Waals surface area contributed by atoms with E-state index in [4.69, 9.17) is 46.4 Å². The monoisotopic (exact) mass is 740 g/mol. The summed E-state index contributed by atoms with van der Waals surface area (Å²) in [5, 5.41) is 16.5. The van der Waals surface area contributed by atoms with Gasteiger partial charge in [0, 0.05) is 45.7 Å². The van der Waals surface area contributed by atoms with Crippen LogP contribution in [0, 0.1) is 0 Å². The lowest BCUT2D eigenvalue weighted by Gasteiger charge is -2.22. The second-order valence-corrected chi connectivity index (χ2v) is 20.2. The van der Waals surface area contributed by atoms with Gasteiger partial charge in [-0.2, -0.15) is 10.2 Å². The number of hydrogen-bond donors (Lipinski definition) is 4.